The van der Waals surface area contributed by atoms with Crippen LogP contribution < -0.4 is 5.43 Å². The van der Waals surface area contributed by atoms with Gasteiger partial charge in [-0.05, 0) is 24.3 Å². The van der Waals surface area contributed by atoms with Crippen LogP contribution >= 0.6 is 11.6 Å². The molecular formula is C9H8ClN3. The van der Waals surface area contributed by atoms with Crippen molar-refractivity contribution in [1.82, 2.24) is 9.66 Å². The lowest BCUT2D eigenvalue weighted by molar-refractivity contribution is 0.953. The van der Waals surface area contributed by atoms with Gasteiger partial charge in [-0.15, -0.1) is 0 Å². The van der Waals surface area contributed by atoms with E-state index in [0.29, 0.717) is 10.8 Å². The highest BCUT2D eigenvalue weighted by Gasteiger charge is 1.98. The van der Waals surface area contributed by atoms with Crippen LogP contribution in [-0.2, 0) is 0 Å². The molecule has 1 N–H and O–H groups in total. The Labute approximate surface area is 81.0 Å². The minimum absolute atomic E-state index is 0.608. The van der Waals surface area contributed by atoms with Gasteiger partial charge in [0.1, 0.15) is 0 Å². The van der Waals surface area contributed by atoms with E-state index < -0.39 is 0 Å². The smallest absolute Gasteiger partial charge is 0.163 e. The molecule has 0 aromatic carbocycles. The largest absolute Gasteiger partial charge is 0.277 e. The summed E-state index contributed by atoms with van der Waals surface area (Å²) < 4.78 is 1.79. The fraction of sp³-hybridized carbons (Fsp3) is 0. The number of halogens is 1. The van der Waals surface area contributed by atoms with Crippen LogP contribution in [0.3, 0.4) is 0 Å². The molecule has 0 aliphatic heterocycles. The molecule has 0 saturated heterocycles. The highest BCUT2D eigenvalue weighted by molar-refractivity contribution is 6.32. The van der Waals surface area contributed by atoms with Crippen LogP contribution in [0.2, 0.25) is 5.02 Å². The summed E-state index contributed by atoms with van der Waals surface area (Å²) in [6, 6.07) is 7.43. The second-order valence-electron chi connectivity index (χ2n) is 2.54. The van der Waals surface area contributed by atoms with Crippen molar-refractivity contribution in [3.63, 3.8) is 0 Å². The molecular weight excluding hydrogens is 186 g/mol. The molecule has 3 nitrogen and oxygen atoms in total. The zero-order chi connectivity index (χ0) is 9.10. The summed E-state index contributed by atoms with van der Waals surface area (Å²) in [7, 11) is 0. The fourth-order valence-corrected chi connectivity index (χ4v) is 1.16. The van der Waals surface area contributed by atoms with Crippen LogP contribution in [0.25, 0.3) is 0 Å². The zero-order valence-electron chi connectivity index (χ0n) is 6.81. The van der Waals surface area contributed by atoms with Gasteiger partial charge >= 0.3 is 0 Å². The maximum atomic E-state index is 5.90. The van der Waals surface area contributed by atoms with Crippen LogP contribution in [0.5, 0.6) is 0 Å². The molecule has 2 aromatic rings. The topological polar surface area (TPSA) is 29.9 Å². The van der Waals surface area contributed by atoms with Gasteiger partial charge in [0.15, 0.2) is 5.82 Å². The standard InChI is InChI=1S/C9H8ClN3/c10-8-4-3-5-11-9(8)12-13-6-1-2-7-13/h1-7H,(H,11,12). The van der Waals surface area contributed by atoms with E-state index in [0.717, 1.165) is 0 Å². The number of pyridine rings is 1. The van der Waals surface area contributed by atoms with Crippen molar-refractivity contribution in [2.75, 3.05) is 5.43 Å². The Morgan fingerprint density at radius 1 is 1.23 bits per heavy atom. The normalized spacial score (nSPS) is 9.92. The molecule has 0 atom stereocenters. The molecule has 0 spiro atoms. The molecule has 2 heterocycles. The Morgan fingerprint density at radius 3 is 2.69 bits per heavy atom. The average molecular weight is 194 g/mol. The lowest BCUT2D eigenvalue weighted by Crippen LogP contribution is -2.07. The van der Waals surface area contributed by atoms with Crippen molar-refractivity contribution in [3.05, 3.63) is 47.9 Å². The quantitative estimate of drug-likeness (QED) is 0.794. The van der Waals surface area contributed by atoms with Crippen LogP contribution in [0.4, 0.5) is 5.82 Å². The van der Waals surface area contributed by atoms with Crippen molar-refractivity contribution >= 4 is 17.4 Å². The summed E-state index contributed by atoms with van der Waals surface area (Å²) in [5, 5.41) is 0.608. The molecule has 2 aromatic heterocycles. The predicted octanol–water partition coefficient (Wildman–Crippen LogP) is 2.41. The first kappa shape index (κ1) is 8.13. The first-order chi connectivity index (χ1) is 6.36. The number of nitrogens with one attached hydrogen (secondary N) is 1. The zero-order valence-corrected chi connectivity index (χ0v) is 7.57. The molecule has 0 aliphatic rings. The highest BCUT2D eigenvalue weighted by Crippen LogP contribution is 2.17. The third kappa shape index (κ3) is 1.81. The van der Waals surface area contributed by atoms with Crippen molar-refractivity contribution in [1.29, 1.82) is 0 Å². The maximum absolute atomic E-state index is 5.90. The fourth-order valence-electron chi connectivity index (χ4n) is 0.999. The lowest BCUT2D eigenvalue weighted by Gasteiger charge is -2.06. The van der Waals surface area contributed by atoms with Gasteiger partial charge in [-0.2, -0.15) is 0 Å². The molecule has 0 aliphatic carbocycles. The Morgan fingerprint density at radius 2 is 2.00 bits per heavy atom. The molecule has 13 heavy (non-hydrogen) atoms. The van der Waals surface area contributed by atoms with Gasteiger partial charge < -0.3 is 0 Å². The number of anilines is 1. The van der Waals surface area contributed by atoms with Gasteiger partial charge in [0.05, 0.1) is 5.02 Å². The summed E-state index contributed by atoms with van der Waals surface area (Å²) in [4.78, 5) is 4.09. The molecule has 0 saturated carbocycles. The summed E-state index contributed by atoms with van der Waals surface area (Å²) in [6.45, 7) is 0. The number of rotatable bonds is 2. The molecule has 0 fully saturated rings. The molecule has 0 amide bonds. The van der Waals surface area contributed by atoms with Gasteiger partial charge in [0.2, 0.25) is 0 Å². The molecule has 0 radical (unpaired) electrons. The van der Waals surface area contributed by atoms with Crippen LogP contribution in [-0.4, -0.2) is 9.66 Å². The third-order valence-electron chi connectivity index (χ3n) is 1.60. The second kappa shape index (κ2) is 3.49. The first-order valence-corrected chi connectivity index (χ1v) is 4.24. The van der Waals surface area contributed by atoms with Crippen LogP contribution in [0.1, 0.15) is 0 Å². The maximum Gasteiger partial charge on any atom is 0.163 e. The number of aromatic nitrogens is 2. The summed E-state index contributed by atoms with van der Waals surface area (Å²) >= 11 is 5.90. The van der Waals surface area contributed by atoms with Gasteiger partial charge in [-0.25, -0.2) is 4.98 Å². The van der Waals surface area contributed by atoms with E-state index in [4.69, 9.17) is 11.6 Å². The lowest BCUT2D eigenvalue weighted by atomic mass is 10.5. The number of nitrogens with zero attached hydrogens (tertiary/aromatic N) is 2. The van der Waals surface area contributed by atoms with E-state index in [1.807, 2.05) is 24.5 Å². The first-order valence-electron chi connectivity index (χ1n) is 3.87. The SMILES string of the molecule is Clc1cccnc1Nn1cccc1. The summed E-state index contributed by atoms with van der Waals surface area (Å²) in [5.41, 5.74) is 3.03. The van der Waals surface area contributed by atoms with E-state index in [2.05, 4.69) is 10.4 Å². The van der Waals surface area contributed by atoms with Gasteiger partial charge in [0, 0.05) is 18.6 Å². The van der Waals surface area contributed by atoms with E-state index in [-0.39, 0.29) is 0 Å². The minimum atomic E-state index is 0.608. The van der Waals surface area contributed by atoms with Gasteiger partial charge in [-0.1, -0.05) is 11.6 Å². The highest BCUT2D eigenvalue weighted by atomic mass is 35.5. The third-order valence-corrected chi connectivity index (χ3v) is 1.90. The van der Waals surface area contributed by atoms with E-state index in [1.165, 1.54) is 0 Å². The van der Waals surface area contributed by atoms with Crippen molar-refractivity contribution in [2.45, 2.75) is 0 Å². The molecule has 2 rings (SSSR count). The van der Waals surface area contributed by atoms with Crippen molar-refractivity contribution < 1.29 is 0 Å². The van der Waals surface area contributed by atoms with Crippen molar-refractivity contribution in [2.24, 2.45) is 0 Å². The van der Waals surface area contributed by atoms with Gasteiger partial charge in [-0.3, -0.25) is 10.1 Å². The molecule has 0 unspecified atom stereocenters. The predicted molar refractivity (Wildman–Crippen MR) is 52.7 cm³/mol. The van der Waals surface area contributed by atoms with Crippen LogP contribution in [0, 0.1) is 0 Å². The number of hydrogen-bond donors (Lipinski definition) is 1. The van der Waals surface area contributed by atoms with Gasteiger partial charge in [0.25, 0.3) is 0 Å². The molecule has 4 heteroatoms. The summed E-state index contributed by atoms with van der Waals surface area (Å²) in [6.07, 6.45) is 5.45. The van der Waals surface area contributed by atoms with E-state index >= 15 is 0 Å². The monoisotopic (exact) mass is 193 g/mol. The average Bonchev–Trinajstić information content (AvgIpc) is 2.61. The Bertz CT molecular complexity index is 384. The van der Waals surface area contributed by atoms with E-state index in [1.54, 1.807) is 23.0 Å². The Hall–Kier alpha value is -1.48. The minimum Gasteiger partial charge on any atom is -0.277 e. The molecule has 66 valence electrons. The summed E-state index contributed by atoms with van der Waals surface area (Å²) in [5.74, 6) is 0.653. The Balaban J connectivity index is 2.24. The Kier molecular flexibility index (Phi) is 2.19. The second-order valence-corrected chi connectivity index (χ2v) is 2.94. The number of hydrogen-bond acceptors (Lipinski definition) is 2. The van der Waals surface area contributed by atoms with Crippen LogP contribution in [0.15, 0.2) is 42.9 Å². The van der Waals surface area contributed by atoms with Crippen molar-refractivity contribution in [3.8, 4) is 0 Å². The van der Waals surface area contributed by atoms with E-state index in [9.17, 15) is 0 Å². The molecule has 0 bridgehead atoms.